The Morgan fingerprint density at radius 1 is 1.32 bits per heavy atom. The normalized spacial score (nSPS) is 19.3. The molecule has 2 unspecified atom stereocenters. The fraction of sp³-hybridized carbons (Fsp3) is 0.389. The molecule has 1 amide bonds. The molecule has 0 bridgehead atoms. The van der Waals surface area contributed by atoms with E-state index < -0.39 is 6.10 Å². The summed E-state index contributed by atoms with van der Waals surface area (Å²) in [6, 6.07) is 11.9. The molecule has 3 rings (SSSR count). The number of carbonyl (C=O) groups excluding carboxylic acids is 1. The number of benzene rings is 1. The van der Waals surface area contributed by atoms with Gasteiger partial charge in [0.2, 0.25) is 5.91 Å². The second-order valence-corrected chi connectivity index (χ2v) is 6.63. The van der Waals surface area contributed by atoms with Gasteiger partial charge in [-0.3, -0.25) is 4.79 Å². The minimum absolute atomic E-state index is 0.154. The standard InChI is InChI=1S/C18H21NO2S/c20-17(15-5-2-1-3-6-15)12-16-7-4-9-19(16)18(21)11-14-8-10-22-13-14/h1-3,5-6,8,10,13,16-17,20H,4,7,9,11-12H2. The number of aliphatic hydroxyl groups excluding tert-OH is 1. The lowest BCUT2D eigenvalue weighted by Gasteiger charge is -2.26. The first kappa shape index (κ1) is 15.3. The first-order valence-corrected chi connectivity index (χ1v) is 8.72. The Hall–Kier alpha value is -1.65. The maximum absolute atomic E-state index is 12.5. The minimum atomic E-state index is -0.499. The lowest BCUT2D eigenvalue weighted by atomic mass is 10.0. The van der Waals surface area contributed by atoms with E-state index in [0.717, 1.165) is 30.5 Å². The quantitative estimate of drug-likeness (QED) is 0.918. The van der Waals surface area contributed by atoms with Crippen LogP contribution in [0.15, 0.2) is 47.2 Å². The number of hydrogen-bond donors (Lipinski definition) is 1. The van der Waals surface area contributed by atoms with Crippen LogP contribution in [0, 0.1) is 0 Å². The van der Waals surface area contributed by atoms with E-state index in [1.54, 1.807) is 11.3 Å². The molecule has 1 saturated heterocycles. The molecule has 1 aromatic heterocycles. The molecule has 3 nitrogen and oxygen atoms in total. The molecule has 1 fully saturated rings. The summed E-state index contributed by atoms with van der Waals surface area (Å²) >= 11 is 1.62. The predicted octanol–water partition coefficient (Wildman–Crippen LogP) is 3.41. The fourth-order valence-electron chi connectivity index (χ4n) is 3.15. The molecule has 0 radical (unpaired) electrons. The lowest BCUT2D eigenvalue weighted by Crippen LogP contribution is -2.37. The summed E-state index contributed by atoms with van der Waals surface area (Å²) in [7, 11) is 0. The smallest absolute Gasteiger partial charge is 0.227 e. The van der Waals surface area contributed by atoms with Gasteiger partial charge in [0, 0.05) is 12.6 Å². The van der Waals surface area contributed by atoms with E-state index in [-0.39, 0.29) is 11.9 Å². The molecule has 1 aromatic carbocycles. The average molecular weight is 315 g/mol. The molecule has 1 N–H and O–H groups in total. The molecule has 0 saturated carbocycles. The van der Waals surface area contributed by atoms with Crippen LogP contribution in [0.3, 0.4) is 0 Å². The second-order valence-electron chi connectivity index (χ2n) is 5.85. The van der Waals surface area contributed by atoms with Crippen molar-refractivity contribution in [1.82, 2.24) is 4.90 Å². The number of likely N-dealkylation sites (tertiary alicyclic amines) is 1. The van der Waals surface area contributed by atoms with Gasteiger partial charge in [-0.1, -0.05) is 30.3 Å². The number of hydrogen-bond acceptors (Lipinski definition) is 3. The van der Waals surface area contributed by atoms with Crippen molar-refractivity contribution in [2.24, 2.45) is 0 Å². The summed E-state index contributed by atoms with van der Waals surface area (Å²) in [4.78, 5) is 14.5. The highest BCUT2D eigenvalue weighted by molar-refractivity contribution is 7.07. The van der Waals surface area contributed by atoms with Crippen LogP contribution in [-0.4, -0.2) is 28.5 Å². The van der Waals surface area contributed by atoms with Crippen LogP contribution in [0.25, 0.3) is 0 Å². The van der Waals surface area contributed by atoms with E-state index in [2.05, 4.69) is 0 Å². The molecule has 0 spiro atoms. The summed E-state index contributed by atoms with van der Waals surface area (Å²) in [5.74, 6) is 0.182. The van der Waals surface area contributed by atoms with Crippen molar-refractivity contribution in [3.05, 3.63) is 58.3 Å². The van der Waals surface area contributed by atoms with Crippen molar-refractivity contribution in [2.75, 3.05) is 6.54 Å². The number of aliphatic hydroxyl groups is 1. The summed E-state index contributed by atoms with van der Waals surface area (Å²) in [5, 5.41) is 14.4. The Bertz CT molecular complexity index is 597. The van der Waals surface area contributed by atoms with Gasteiger partial charge in [-0.15, -0.1) is 0 Å². The van der Waals surface area contributed by atoms with Gasteiger partial charge in [0.15, 0.2) is 0 Å². The van der Waals surface area contributed by atoms with E-state index in [0.29, 0.717) is 12.8 Å². The first-order valence-electron chi connectivity index (χ1n) is 7.77. The molecule has 0 aliphatic carbocycles. The number of thiophene rings is 1. The van der Waals surface area contributed by atoms with E-state index in [4.69, 9.17) is 0 Å². The second kappa shape index (κ2) is 7.07. The van der Waals surface area contributed by atoms with Crippen LogP contribution in [0.4, 0.5) is 0 Å². The largest absolute Gasteiger partial charge is 0.388 e. The third-order valence-corrected chi connectivity index (χ3v) is 5.04. The van der Waals surface area contributed by atoms with Crippen LogP contribution < -0.4 is 0 Å². The van der Waals surface area contributed by atoms with Crippen molar-refractivity contribution >= 4 is 17.2 Å². The Balaban J connectivity index is 1.62. The Morgan fingerprint density at radius 2 is 2.14 bits per heavy atom. The highest BCUT2D eigenvalue weighted by atomic mass is 32.1. The predicted molar refractivity (Wildman–Crippen MR) is 88.8 cm³/mol. The van der Waals surface area contributed by atoms with E-state index >= 15 is 0 Å². The summed E-state index contributed by atoms with van der Waals surface area (Å²) in [6.45, 7) is 0.815. The van der Waals surface area contributed by atoms with Gasteiger partial charge in [-0.05, 0) is 47.2 Å². The van der Waals surface area contributed by atoms with Gasteiger partial charge in [-0.2, -0.15) is 11.3 Å². The molecule has 4 heteroatoms. The number of nitrogens with zero attached hydrogens (tertiary/aromatic N) is 1. The monoisotopic (exact) mass is 315 g/mol. The molecule has 22 heavy (non-hydrogen) atoms. The van der Waals surface area contributed by atoms with Gasteiger partial charge in [0.1, 0.15) is 0 Å². The van der Waals surface area contributed by atoms with Crippen LogP contribution in [0.5, 0.6) is 0 Å². The van der Waals surface area contributed by atoms with Crippen LogP contribution >= 0.6 is 11.3 Å². The average Bonchev–Trinajstić information content (AvgIpc) is 3.19. The van der Waals surface area contributed by atoms with Gasteiger partial charge in [-0.25, -0.2) is 0 Å². The summed E-state index contributed by atoms with van der Waals surface area (Å²) in [5.41, 5.74) is 2.02. The van der Waals surface area contributed by atoms with Gasteiger partial charge in [0.25, 0.3) is 0 Å². The maximum atomic E-state index is 12.5. The molecular weight excluding hydrogens is 294 g/mol. The van der Waals surface area contributed by atoms with E-state index in [1.807, 2.05) is 52.1 Å². The van der Waals surface area contributed by atoms with Crippen molar-refractivity contribution in [3.63, 3.8) is 0 Å². The number of carbonyl (C=O) groups is 1. The molecule has 2 heterocycles. The molecule has 2 atom stereocenters. The van der Waals surface area contributed by atoms with Crippen molar-refractivity contribution < 1.29 is 9.90 Å². The van der Waals surface area contributed by atoms with Crippen molar-refractivity contribution in [2.45, 2.75) is 37.8 Å². The summed E-state index contributed by atoms with van der Waals surface area (Å²) < 4.78 is 0. The van der Waals surface area contributed by atoms with Crippen LogP contribution in [-0.2, 0) is 11.2 Å². The number of rotatable bonds is 5. The van der Waals surface area contributed by atoms with E-state index in [9.17, 15) is 9.90 Å². The first-order chi connectivity index (χ1) is 10.7. The zero-order chi connectivity index (χ0) is 15.4. The lowest BCUT2D eigenvalue weighted by molar-refractivity contribution is -0.131. The molecule has 1 aliphatic heterocycles. The molecular formula is C18H21NO2S. The number of amides is 1. The third kappa shape index (κ3) is 3.57. The summed E-state index contributed by atoms with van der Waals surface area (Å²) in [6.07, 6.45) is 2.61. The van der Waals surface area contributed by atoms with Gasteiger partial charge in [0.05, 0.1) is 12.5 Å². The zero-order valence-corrected chi connectivity index (χ0v) is 13.3. The van der Waals surface area contributed by atoms with Gasteiger partial charge >= 0.3 is 0 Å². The maximum Gasteiger partial charge on any atom is 0.227 e. The topological polar surface area (TPSA) is 40.5 Å². The van der Waals surface area contributed by atoms with E-state index in [1.165, 1.54) is 0 Å². The van der Waals surface area contributed by atoms with Crippen molar-refractivity contribution in [1.29, 1.82) is 0 Å². The van der Waals surface area contributed by atoms with Crippen LogP contribution in [0.1, 0.15) is 36.5 Å². The van der Waals surface area contributed by atoms with Gasteiger partial charge < -0.3 is 10.0 Å². The molecule has 116 valence electrons. The zero-order valence-electron chi connectivity index (χ0n) is 12.5. The minimum Gasteiger partial charge on any atom is -0.388 e. The Morgan fingerprint density at radius 3 is 2.86 bits per heavy atom. The molecule has 1 aliphatic rings. The highest BCUT2D eigenvalue weighted by Crippen LogP contribution is 2.28. The highest BCUT2D eigenvalue weighted by Gasteiger charge is 2.30. The SMILES string of the molecule is O=C(Cc1ccsc1)N1CCCC1CC(O)c1ccccc1. The van der Waals surface area contributed by atoms with Crippen LogP contribution in [0.2, 0.25) is 0 Å². The molecule has 2 aromatic rings. The third-order valence-electron chi connectivity index (χ3n) is 4.31. The Kier molecular flexibility index (Phi) is 4.90. The Labute approximate surface area is 135 Å². The fourth-order valence-corrected chi connectivity index (χ4v) is 3.82. The van der Waals surface area contributed by atoms with Crippen molar-refractivity contribution in [3.8, 4) is 0 Å².